The maximum absolute atomic E-state index is 4.95. The summed E-state index contributed by atoms with van der Waals surface area (Å²) in [4.78, 5) is 4.95. The Morgan fingerprint density at radius 2 is 2.30 bits per heavy atom. The molecule has 0 aromatic carbocycles. The van der Waals surface area contributed by atoms with Gasteiger partial charge in [0.2, 0.25) is 0 Å². The smallest absolute Gasteiger partial charge is 0.0653 e. The van der Waals surface area contributed by atoms with Gasteiger partial charge in [-0.1, -0.05) is 11.6 Å². The Balaban J connectivity index is 3.04. The zero-order chi connectivity index (χ0) is 7.82. The molecule has 0 aliphatic rings. The second-order valence-corrected chi connectivity index (χ2v) is 2.21. The molecule has 10 heavy (non-hydrogen) atoms. The van der Waals surface area contributed by atoms with Crippen LogP contribution in [0.5, 0.6) is 0 Å². The van der Waals surface area contributed by atoms with Crippen LogP contribution >= 0.6 is 0 Å². The van der Waals surface area contributed by atoms with Crippen molar-refractivity contribution in [3.8, 4) is 0 Å². The molecule has 0 unspecified atom stereocenters. The molecule has 0 saturated heterocycles. The van der Waals surface area contributed by atoms with Crippen LogP contribution in [0.4, 0.5) is 0 Å². The fraction of sp³-hybridized carbons (Fsp3) is 0.750. The minimum atomic E-state index is 0.731. The number of allylic oxidation sites excluding steroid dienone is 1. The molecule has 0 radical (unpaired) electrons. The first-order chi connectivity index (χ1) is 4.81. The zero-order valence-electron chi connectivity index (χ0n) is 7.11. The lowest BCUT2D eigenvalue weighted by Crippen LogP contribution is -2.15. The van der Waals surface area contributed by atoms with E-state index in [0.29, 0.717) is 0 Å². The molecule has 0 bridgehead atoms. The summed E-state index contributed by atoms with van der Waals surface area (Å²) in [6.45, 7) is 7.78. The van der Waals surface area contributed by atoms with Crippen LogP contribution in [-0.4, -0.2) is 13.2 Å². The molecular weight excluding hydrogens is 126 g/mol. The highest BCUT2D eigenvalue weighted by Crippen LogP contribution is 1.95. The first-order valence-electron chi connectivity index (χ1n) is 3.77. The number of rotatable bonds is 5. The zero-order valence-corrected chi connectivity index (χ0v) is 7.11. The second-order valence-electron chi connectivity index (χ2n) is 2.21. The first-order valence-corrected chi connectivity index (χ1v) is 3.77. The van der Waals surface area contributed by atoms with E-state index in [2.05, 4.69) is 25.4 Å². The van der Waals surface area contributed by atoms with Gasteiger partial charge in [0.15, 0.2) is 0 Å². The van der Waals surface area contributed by atoms with Crippen molar-refractivity contribution in [3.05, 3.63) is 11.6 Å². The average Bonchev–Trinajstić information content (AvgIpc) is 1.98. The van der Waals surface area contributed by atoms with Crippen LogP contribution in [0.25, 0.3) is 0 Å². The maximum atomic E-state index is 4.95. The number of hydroxylamine groups is 1. The van der Waals surface area contributed by atoms with E-state index in [1.54, 1.807) is 0 Å². The molecule has 0 aliphatic heterocycles. The van der Waals surface area contributed by atoms with E-state index in [1.165, 1.54) is 5.57 Å². The van der Waals surface area contributed by atoms with Gasteiger partial charge in [-0.25, -0.2) is 5.48 Å². The van der Waals surface area contributed by atoms with E-state index in [-0.39, 0.29) is 0 Å². The van der Waals surface area contributed by atoms with Gasteiger partial charge in [0.25, 0.3) is 0 Å². The Labute approximate surface area is 63.2 Å². The molecule has 0 spiro atoms. The number of hydrogen-bond donors (Lipinski definition) is 1. The SMILES string of the molecule is CC=C(C)CCNOCC. The summed E-state index contributed by atoms with van der Waals surface area (Å²) in [7, 11) is 0. The first kappa shape index (κ1) is 9.66. The van der Waals surface area contributed by atoms with Gasteiger partial charge < -0.3 is 4.84 Å². The molecule has 0 aromatic heterocycles. The van der Waals surface area contributed by atoms with E-state index in [4.69, 9.17) is 4.84 Å². The lowest BCUT2D eigenvalue weighted by Gasteiger charge is -2.02. The summed E-state index contributed by atoms with van der Waals surface area (Å²) in [5.41, 5.74) is 4.26. The van der Waals surface area contributed by atoms with Crippen LogP contribution in [0.15, 0.2) is 11.6 Å². The van der Waals surface area contributed by atoms with E-state index in [0.717, 1.165) is 19.6 Å². The lowest BCUT2D eigenvalue weighted by atomic mass is 10.2. The predicted molar refractivity (Wildman–Crippen MR) is 43.7 cm³/mol. The van der Waals surface area contributed by atoms with Crippen molar-refractivity contribution in [2.24, 2.45) is 0 Å². The highest BCUT2D eigenvalue weighted by Gasteiger charge is 1.86. The third-order valence-electron chi connectivity index (χ3n) is 1.36. The van der Waals surface area contributed by atoms with Gasteiger partial charge in [0, 0.05) is 6.54 Å². The molecule has 2 heteroatoms. The van der Waals surface area contributed by atoms with Crippen molar-refractivity contribution in [1.82, 2.24) is 5.48 Å². The van der Waals surface area contributed by atoms with Gasteiger partial charge in [0.1, 0.15) is 0 Å². The standard InChI is InChI=1S/C8H17NO/c1-4-8(3)6-7-9-10-5-2/h4,9H,5-7H2,1-3H3. The molecule has 0 amide bonds. The normalized spacial score (nSPS) is 12.1. The van der Waals surface area contributed by atoms with Gasteiger partial charge in [-0.15, -0.1) is 0 Å². The Bertz CT molecular complexity index is 99.4. The largest absolute Gasteiger partial charge is 0.302 e. The maximum Gasteiger partial charge on any atom is 0.0653 e. The summed E-state index contributed by atoms with van der Waals surface area (Å²) in [6.07, 6.45) is 3.18. The molecule has 0 fully saturated rings. The molecular formula is C8H17NO. The lowest BCUT2D eigenvalue weighted by molar-refractivity contribution is 0.0519. The van der Waals surface area contributed by atoms with Crippen molar-refractivity contribution in [2.75, 3.05) is 13.2 Å². The van der Waals surface area contributed by atoms with Crippen molar-refractivity contribution in [3.63, 3.8) is 0 Å². The fourth-order valence-corrected chi connectivity index (χ4v) is 0.567. The quantitative estimate of drug-likeness (QED) is 0.360. The van der Waals surface area contributed by atoms with Crippen LogP contribution in [0, 0.1) is 0 Å². The minimum Gasteiger partial charge on any atom is -0.302 e. The van der Waals surface area contributed by atoms with Gasteiger partial charge in [-0.3, -0.25) is 0 Å². The average molecular weight is 143 g/mol. The summed E-state index contributed by atoms with van der Waals surface area (Å²) < 4.78 is 0. The van der Waals surface area contributed by atoms with Crippen LogP contribution < -0.4 is 5.48 Å². The molecule has 1 N–H and O–H groups in total. The van der Waals surface area contributed by atoms with E-state index < -0.39 is 0 Å². The summed E-state index contributed by atoms with van der Waals surface area (Å²) >= 11 is 0. The molecule has 0 aliphatic carbocycles. The van der Waals surface area contributed by atoms with Gasteiger partial charge in [0.05, 0.1) is 6.61 Å². The summed E-state index contributed by atoms with van der Waals surface area (Å²) in [5.74, 6) is 0. The van der Waals surface area contributed by atoms with Crippen molar-refractivity contribution >= 4 is 0 Å². The molecule has 0 aromatic rings. The second kappa shape index (κ2) is 6.78. The Morgan fingerprint density at radius 1 is 1.60 bits per heavy atom. The molecule has 2 nitrogen and oxygen atoms in total. The number of hydrogen-bond acceptors (Lipinski definition) is 2. The highest BCUT2D eigenvalue weighted by atomic mass is 16.6. The third-order valence-corrected chi connectivity index (χ3v) is 1.36. The summed E-state index contributed by atoms with van der Waals surface area (Å²) in [5, 5.41) is 0. The van der Waals surface area contributed by atoms with Crippen LogP contribution in [0.3, 0.4) is 0 Å². The van der Waals surface area contributed by atoms with Gasteiger partial charge in [-0.2, -0.15) is 0 Å². The van der Waals surface area contributed by atoms with E-state index in [9.17, 15) is 0 Å². The molecule has 0 saturated carbocycles. The fourth-order valence-electron chi connectivity index (χ4n) is 0.567. The molecule has 0 heterocycles. The van der Waals surface area contributed by atoms with Crippen LogP contribution in [0.1, 0.15) is 27.2 Å². The van der Waals surface area contributed by atoms with Crippen molar-refractivity contribution < 1.29 is 4.84 Å². The highest BCUT2D eigenvalue weighted by molar-refractivity contribution is 4.95. The Morgan fingerprint density at radius 3 is 2.80 bits per heavy atom. The predicted octanol–water partition coefficient (Wildman–Crippen LogP) is 1.88. The Hall–Kier alpha value is -0.340. The molecule has 0 atom stereocenters. The van der Waals surface area contributed by atoms with Crippen molar-refractivity contribution in [1.29, 1.82) is 0 Å². The molecule has 0 rings (SSSR count). The third kappa shape index (κ3) is 5.79. The van der Waals surface area contributed by atoms with E-state index >= 15 is 0 Å². The monoisotopic (exact) mass is 143 g/mol. The topological polar surface area (TPSA) is 21.3 Å². The summed E-state index contributed by atoms with van der Waals surface area (Å²) in [6, 6.07) is 0. The van der Waals surface area contributed by atoms with Gasteiger partial charge in [-0.05, 0) is 27.2 Å². The van der Waals surface area contributed by atoms with Crippen molar-refractivity contribution in [2.45, 2.75) is 27.2 Å². The Kier molecular flexibility index (Phi) is 6.55. The van der Waals surface area contributed by atoms with Gasteiger partial charge >= 0.3 is 0 Å². The van der Waals surface area contributed by atoms with Crippen LogP contribution in [-0.2, 0) is 4.84 Å². The van der Waals surface area contributed by atoms with E-state index in [1.807, 2.05) is 6.92 Å². The minimum absolute atomic E-state index is 0.731. The number of nitrogens with one attached hydrogen (secondary N) is 1. The van der Waals surface area contributed by atoms with Crippen LogP contribution in [0.2, 0.25) is 0 Å². The molecule has 60 valence electrons.